The van der Waals surface area contributed by atoms with Crippen LogP contribution in [0.1, 0.15) is 10.8 Å². The van der Waals surface area contributed by atoms with E-state index in [2.05, 4.69) is 20.5 Å². The van der Waals surface area contributed by atoms with Crippen LogP contribution < -0.4 is 5.32 Å². The van der Waals surface area contributed by atoms with Crippen molar-refractivity contribution in [1.82, 2.24) is 25.1 Å². The fraction of sp³-hybridized carbons (Fsp3) is 0.444. The Kier molecular flexibility index (Phi) is 3.79. The third-order valence-corrected chi connectivity index (χ3v) is 3.49. The van der Waals surface area contributed by atoms with Gasteiger partial charge in [-0.2, -0.15) is 13.2 Å². The molecule has 3 heterocycles. The zero-order valence-electron chi connectivity index (χ0n) is 9.44. The van der Waals surface area contributed by atoms with Gasteiger partial charge in [0.05, 0.1) is 6.54 Å². The van der Waals surface area contributed by atoms with Gasteiger partial charge < -0.3 is 9.88 Å². The maximum absolute atomic E-state index is 12.5. The molecule has 1 N–H and O–H groups in total. The molecule has 0 radical (unpaired) electrons. The van der Waals surface area contributed by atoms with Gasteiger partial charge in [0, 0.05) is 18.5 Å². The van der Waals surface area contributed by atoms with Crippen LogP contribution in [0.15, 0.2) is 5.38 Å². The molecule has 0 unspecified atom stereocenters. The Morgan fingerprint density at radius 2 is 2.11 bits per heavy atom. The number of aromatic nitrogens is 4. The molecule has 2 aromatic rings. The molecular formula is C9H9ClF3N5S. The topological polar surface area (TPSA) is 55.6 Å². The minimum atomic E-state index is -4.41. The van der Waals surface area contributed by atoms with E-state index in [1.165, 1.54) is 5.38 Å². The van der Waals surface area contributed by atoms with Crippen molar-refractivity contribution in [2.24, 2.45) is 0 Å². The second-order valence-electron chi connectivity index (χ2n) is 3.80. The molecule has 0 bridgehead atoms. The van der Waals surface area contributed by atoms with Crippen LogP contribution in [-0.4, -0.2) is 26.3 Å². The monoisotopic (exact) mass is 311 g/mol. The van der Waals surface area contributed by atoms with E-state index in [-0.39, 0.29) is 18.1 Å². The summed E-state index contributed by atoms with van der Waals surface area (Å²) in [4.78, 5) is 3.58. The van der Waals surface area contributed by atoms with Gasteiger partial charge in [-0.15, -0.1) is 33.9 Å². The standard InChI is InChI=1S/C9H8F3N5S.ClH/c10-9(11,12)8-14-5(4-18-8)7-16-15-6-3-13-1-2-17(6)7;/h4,13H,1-3H2;1H. The minimum Gasteiger partial charge on any atom is -0.308 e. The Balaban J connectivity index is 0.00000133. The van der Waals surface area contributed by atoms with Gasteiger partial charge in [0.25, 0.3) is 0 Å². The van der Waals surface area contributed by atoms with Crippen LogP contribution in [-0.2, 0) is 19.3 Å². The molecular weight excluding hydrogens is 303 g/mol. The molecule has 0 aliphatic carbocycles. The van der Waals surface area contributed by atoms with Crippen molar-refractivity contribution >= 4 is 23.7 Å². The summed E-state index contributed by atoms with van der Waals surface area (Å²) in [5.41, 5.74) is 0.230. The molecule has 0 amide bonds. The number of thiazole rings is 1. The zero-order valence-corrected chi connectivity index (χ0v) is 11.1. The predicted octanol–water partition coefficient (Wildman–Crippen LogP) is 1.95. The Morgan fingerprint density at radius 1 is 1.32 bits per heavy atom. The summed E-state index contributed by atoms with van der Waals surface area (Å²) in [7, 11) is 0. The van der Waals surface area contributed by atoms with Crippen molar-refractivity contribution in [3.05, 3.63) is 16.2 Å². The minimum absolute atomic E-state index is 0. The van der Waals surface area contributed by atoms with Gasteiger partial charge in [0.15, 0.2) is 10.8 Å². The number of alkyl halides is 3. The van der Waals surface area contributed by atoms with Gasteiger partial charge in [-0.3, -0.25) is 0 Å². The molecule has 104 valence electrons. The summed E-state index contributed by atoms with van der Waals surface area (Å²) in [5.74, 6) is 1.12. The predicted molar refractivity (Wildman–Crippen MR) is 65.1 cm³/mol. The van der Waals surface area contributed by atoms with Crippen molar-refractivity contribution in [3.63, 3.8) is 0 Å². The van der Waals surface area contributed by atoms with Crippen molar-refractivity contribution in [1.29, 1.82) is 0 Å². The lowest BCUT2D eigenvalue weighted by molar-refractivity contribution is -0.137. The number of rotatable bonds is 1. The Bertz CT molecular complexity index is 579. The molecule has 2 aromatic heterocycles. The van der Waals surface area contributed by atoms with E-state index < -0.39 is 11.2 Å². The van der Waals surface area contributed by atoms with Crippen LogP contribution >= 0.6 is 23.7 Å². The van der Waals surface area contributed by atoms with Crippen LogP contribution in [0, 0.1) is 0 Å². The molecule has 5 nitrogen and oxygen atoms in total. The number of halogens is 4. The molecule has 1 aliphatic rings. The molecule has 10 heteroatoms. The Labute approximate surface area is 116 Å². The first kappa shape index (κ1) is 14.2. The lowest BCUT2D eigenvalue weighted by Gasteiger charge is -2.15. The van der Waals surface area contributed by atoms with Gasteiger partial charge in [-0.25, -0.2) is 4.98 Å². The summed E-state index contributed by atoms with van der Waals surface area (Å²) in [6, 6.07) is 0. The Morgan fingerprint density at radius 3 is 2.79 bits per heavy atom. The average Bonchev–Trinajstić information content (AvgIpc) is 2.94. The summed E-state index contributed by atoms with van der Waals surface area (Å²) in [6.07, 6.45) is -4.41. The smallest absolute Gasteiger partial charge is 0.308 e. The highest BCUT2D eigenvalue weighted by Crippen LogP contribution is 2.33. The maximum atomic E-state index is 12.5. The summed E-state index contributed by atoms with van der Waals surface area (Å²) in [5, 5.41) is 11.5. The first-order chi connectivity index (χ1) is 8.55. The van der Waals surface area contributed by atoms with Crippen molar-refractivity contribution in [3.8, 4) is 11.5 Å². The highest BCUT2D eigenvalue weighted by molar-refractivity contribution is 7.10. The van der Waals surface area contributed by atoms with Gasteiger partial charge in [0.2, 0.25) is 0 Å². The molecule has 0 saturated carbocycles. The van der Waals surface area contributed by atoms with E-state index in [9.17, 15) is 13.2 Å². The van der Waals surface area contributed by atoms with E-state index in [4.69, 9.17) is 0 Å². The van der Waals surface area contributed by atoms with Crippen molar-refractivity contribution < 1.29 is 13.2 Å². The quantitative estimate of drug-likeness (QED) is 0.874. The molecule has 1 aliphatic heterocycles. The van der Waals surface area contributed by atoms with Crippen LogP contribution in [0.3, 0.4) is 0 Å². The summed E-state index contributed by atoms with van der Waals surface area (Å²) < 4.78 is 39.2. The van der Waals surface area contributed by atoms with E-state index >= 15 is 0 Å². The second-order valence-corrected chi connectivity index (χ2v) is 4.66. The molecule has 0 atom stereocenters. The molecule has 0 aromatic carbocycles. The molecule has 0 spiro atoms. The van der Waals surface area contributed by atoms with Crippen LogP contribution in [0.25, 0.3) is 11.5 Å². The third kappa shape index (κ3) is 2.58. The maximum Gasteiger partial charge on any atom is 0.443 e. The molecule has 0 fully saturated rings. The normalized spacial score (nSPS) is 14.9. The van der Waals surface area contributed by atoms with Gasteiger partial charge in [-0.1, -0.05) is 0 Å². The number of nitrogens with one attached hydrogen (secondary N) is 1. The van der Waals surface area contributed by atoms with E-state index in [0.29, 0.717) is 30.3 Å². The lowest BCUT2D eigenvalue weighted by Crippen LogP contribution is -2.28. The molecule has 3 rings (SSSR count). The molecule has 19 heavy (non-hydrogen) atoms. The summed E-state index contributed by atoms with van der Waals surface area (Å²) >= 11 is 0.573. The van der Waals surface area contributed by atoms with Gasteiger partial charge in [0.1, 0.15) is 11.5 Å². The van der Waals surface area contributed by atoms with Gasteiger partial charge >= 0.3 is 6.18 Å². The van der Waals surface area contributed by atoms with Crippen molar-refractivity contribution in [2.75, 3.05) is 6.54 Å². The number of nitrogens with zero attached hydrogens (tertiary/aromatic N) is 4. The second kappa shape index (κ2) is 5.06. The molecule has 0 saturated heterocycles. The zero-order chi connectivity index (χ0) is 12.8. The third-order valence-electron chi connectivity index (χ3n) is 2.60. The first-order valence-corrected chi connectivity index (χ1v) is 6.09. The Hall–Kier alpha value is -1.19. The first-order valence-electron chi connectivity index (χ1n) is 5.21. The average molecular weight is 312 g/mol. The van der Waals surface area contributed by atoms with E-state index in [1.807, 2.05) is 0 Å². The van der Waals surface area contributed by atoms with Gasteiger partial charge in [-0.05, 0) is 0 Å². The fourth-order valence-electron chi connectivity index (χ4n) is 1.79. The van der Waals surface area contributed by atoms with Crippen LogP contribution in [0.5, 0.6) is 0 Å². The number of hydrogen-bond acceptors (Lipinski definition) is 5. The van der Waals surface area contributed by atoms with Crippen LogP contribution in [0.4, 0.5) is 13.2 Å². The number of fused-ring (bicyclic) bond motifs is 1. The SMILES string of the molecule is Cl.FC(F)(F)c1nc(-c2nnc3n2CCNC3)cs1. The number of hydrogen-bond donors (Lipinski definition) is 1. The lowest BCUT2D eigenvalue weighted by atomic mass is 10.4. The fourth-order valence-corrected chi connectivity index (χ4v) is 2.45. The summed E-state index contributed by atoms with van der Waals surface area (Å²) in [6.45, 7) is 1.95. The highest BCUT2D eigenvalue weighted by atomic mass is 35.5. The van der Waals surface area contributed by atoms with Crippen molar-refractivity contribution in [2.45, 2.75) is 19.3 Å². The van der Waals surface area contributed by atoms with Crippen LogP contribution in [0.2, 0.25) is 0 Å². The van der Waals surface area contributed by atoms with E-state index in [1.54, 1.807) is 4.57 Å². The largest absolute Gasteiger partial charge is 0.443 e. The van der Waals surface area contributed by atoms with E-state index in [0.717, 1.165) is 12.4 Å². The highest BCUT2D eigenvalue weighted by Gasteiger charge is 2.35.